The van der Waals surface area contributed by atoms with Crippen LogP contribution in [0.5, 0.6) is 0 Å². The molecule has 4 unspecified atom stereocenters. The predicted molar refractivity (Wildman–Crippen MR) is 70.7 cm³/mol. The summed E-state index contributed by atoms with van der Waals surface area (Å²) in [5.74, 6) is 1.08. The van der Waals surface area contributed by atoms with Crippen LogP contribution in [0.3, 0.4) is 0 Å². The summed E-state index contributed by atoms with van der Waals surface area (Å²) in [6.07, 6.45) is 0.846. The Hall–Kier alpha value is -1.42. The highest BCUT2D eigenvalue weighted by atomic mass is 19.1. The second-order valence-electron chi connectivity index (χ2n) is 5.78. The standard InChI is InChI=1S/C15H19FN2O/c1-9-7-11(9)8-18-14(17-10(2)15(18)19)12-5-3-4-6-13(12)16/h3-6,9-11,14,17H,7-8H2,1-2H3. The van der Waals surface area contributed by atoms with Gasteiger partial charge in [-0.15, -0.1) is 0 Å². The zero-order chi connectivity index (χ0) is 13.6. The fraction of sp³-hybridized carbons (Fsp3) is 0.533. The van der Waals surface area contributed by atoms with Crippen LogP contribution in [-0.4, -0.2) is 23.4 Å². The van der Waals surface area contributed by atoms with E-state index in [1.807, 2.05) is 13.0 Å². The zero-order valence-corrected chi connectivity index (χ0v) is 11.3. The first-order valence-corrected chi connectivity index (χ1v) is 6.89. The number of rotatable bonds is 3. The molecule has 19 heavy (non-hydrogen) atoms. The molecular formula is C15H19FN2O. The highest BCUT2D eigenvalue weighted by molar-refractivity contribution is 5.84. The van der Waals surface area contributed by atoms with Gasteiger partial charge in [-0.05, 0) is 31.2 Å². The Morgan fingerprint density at radius 1 is 1.37 bits per heavy atom. The lowest BCUT2D eigenvalue weighted by Crippen LogP contribution is -2.33. The Bertz CT molecular complexity index is 505. The molecule has 0 aromatic heterocycles. The summed E-state index contributed by atoms with van der Waals surface area (Å²) < 4.78 is 13.9. The third-order valence-corrected chi connectivity index (χ3v) is 4.28. The smallest absolute Gasteiger partial charge is 0.241 e. The second kappa shape index (κ2) is 4.60. The SMILES string of the molecule is CC1NC(c2ccccc2F)N(CC2CC2C)C1=O. The van der Waals surface area contributed by atoms with E-state index in [9.17, 15) is 9.18 Å². The molecule has 0 radical (unpaired) electrons. The third kappa shape index (κ3) is 2.25. The van der Waals surface area contributed by atoms with Gasteiger partial charge in [0.1, 0.15) is 12.0 Å². The van der Waals surface area contributed by atoms with Gasteiger partial charge in [0.15, 0.2) is 0 Å². The van der Waals surface area contributed by atoms with E-state index in [4.69, 9.17) is 0 Å². The van der Waals surface area contributed by atoms with Crippen LogP contribution in [0.1, 0.15) is 32.0 Å². The largest absolute Gasteiger partial charge is 0.321 e. The summed E-state index contributed by atoms with van der Waals surface area (Å²) in [5.41, 5.74) is 0.563. The zero-order valence-electron chi connectivity index (χ0n) is 11.3. The quantitative estimate of drug-likeness (QED) is 0.906. The highest BCUT2D eigenvalue weighted by Crippen LogP contribution is 2.40. The molecule has 1 aromatic rings. The first-order chi connectivity index (χ1) is 9.08. The van der Waals surface area contributed by atoms with Gasteiger partial charge in [-0.3, -0.25) is 10.1 Å². The van der Waals surface area contributed by atoms with Crippen molar-refractivity contribution < 1.29 is 9.18 Å². The number of amides is 1. The van der Waals surface area contributed by atoms with Crippen LogP contribution in [-0.2, 0) is 4.79 Å². The van der Waals surface area contributed by atoms with E-state index in [0.29, 0.717) is 17.4 Å². The maximum atomic E-state index is 13.9. The van der Waals surface area contributed by atoms with Crippen LogP contribution in [0.4, 0.5) is 4.39 Å². The second-order valence-corrected chi connectivity index (χ2v) is 5.78. The molecule has 0 spiro atoms. The summed E-state index contributed by atoms with van der Waals surface area (Å²) >= 11 is 0. The van der Waals surface area contributed by atoms with Crippen molar-refractivity contribution in [3.63, 3.8) is 0 Å². The fourth-order valence-electron chi connectivity index (χ4n) is 2.83. The van der Waals surface area contributed by atoms with Gasteiger partial charge in [0.05, 0.1) is 6.04 Å². The molecule has 1 aliphatic carbocycles. The van der Waals surface area contributed by atoms with Crippen LogP contribution < -0.4 is 5.32 Å². The molecule has 4 atom stereocenters. The minimum atomic E-state index is -0.323. The van der Waals surface area contributed by atoms with E-state index >= 15 is 0 Å². The minimum absolute atomic E-state index is 0.0763. The van der Waals surface area contributed by atoms with Crippen molar-refractivity contribution in [2.45, 2.75) is 32.5 Å². The number of benzene rings is 1. The molecule has 0 bridgehead atoms. The first kappa shape index (κ1) is 12.6. The molecule has 1 aromatic carbocycles. The molecule has 4 heteroatoms. The maximum absolute atomic E-state index is 13.9. The van der Waals surface area contributed by atoms with Crippen molar-refractivity contribution in [3.05, 3.63) is 35.6 Å². The molecular weight excluding hydrogens is 243 g/mol. The van der Waals surface area contributed by atoms with Gasteiger partial charge in [-0.25, -0.2) is 4.39 Å². The van der Waals surface area contributed by atoms with Crippen LogP contribution in [0.25, 0.3) is 0 Å². The van der Waals surface area contributed by atoms with E-state index in [1.54, 1.807) is 17.0 Å². The number of hydrogen-bond donors (Lipinski definition) is 1. The Kier molecular flexibility index (Phi) is 3.05. The molecule has 1 heterocycles. The van der Waals surface area contributed by atoms with Crippen LogP contribution in [0.2, 0.25) is 0 Å². The van der Waals surface area contributed by atoms with Gasteiger partial charge in [-0.1, -0.05) is 25.1 Å². The topological polar surface area (TPSA) is 32.3 Å². The van der Waals surface area contributed by atoms with Gasteiger partial charge in [-0.2, -0.15) is 0 Å². The van der Waals surface area contributed by atoms with Gasteiger partial charge in [0, 0.05) is 12.1 Å². The lowest BCUT2D eigenvalue weighted by molar-refractivity contribution is -0.130. The normalized spacial score (nSPS) is 33.8. The van der Waals surface area contributed by atoms with Crippen LogP contribution in [0.15, 0.2) is 24.3 Å². The van der Waals surface area contributed by atoms with Crippen molar-refractivity contribution in [1.29, 1.82) is 0 Å². The summed E-state index contributed by atoms with van der Waals surface area (Å²) in [6, 6.07) is 6.45. The fourth-order valence-corrected chi connectivity index (χ4v) is 2.83. The average Bonchev–Trinajstić information content (AvgIpc) is 3.01. The van der Waals surface area contributed by atoms with Crippen LogP contribution in [0, 0.1) is 17.7 Å². The van der Waals surface area contributed by atoms with E-state index in [-0.39, 0.29) is 23.9 Å². The van der Waals surface area contributed by atoms with E-state index < -0.39 is 0 Å². The molecule has 102 valence electrons. The Balaban J connectivity index is 1.86. The number of halogens is 1. The lowest BCUT2D eigenvalue weighted by Gasteiger charge is -2.25. The van der Waals surface area contributed by atoms with Crippen molar-refractivity contribution >= 4 is 5.91 Å². The molecule has 3 nitrogen and oxygen atoms in total. The monoisotopic (exact) mass is 262 g/mol. The van der Waals surface area contributed by atoms with Crippen molar-refractivity contribution in [2.24, 2.45) is 11.8 Å². The highest BCUT2D eigenvalue weighted by Gasteiger charge is 2.43. The Labute approximate surface area is 112 Å². The molecule has 2 fully saturated rings. The summed E-state index contributed by atoms with van der Waals surface area (Å²) in [4.78, 5) is 14.0. The molecule has 2 aliphatic rings. The maximum Gasteiger partial charge on any atom is 0.241 e. The molecule has 1 saturated heterocycles. The van der Waals surface area contributed by atoms with E-state index in [0.717, 1.165) is 6.54 Å². The number of nitrogens with zero attached hydrogens (tertiary/aromatic N) is 1. The van der Waals surface area contributed by atoms with Crippen molar-refractivity contribution in [2.75, 3.05) is 6.54 Å². The van der Waals surface area contributed by atoms with Gasteiger partial charge >= 0.3 is 0 Å². The first-order valence-electron chi connectivity index (χ1n) is 6.89. The Morgan fingerprint density at radius 2 is 2.05 bits per heavy atom. The van der Waals surface area contributed by atoms with Gasteiger partial charge in [0.25, 0.3) is 0 Å². The summed E-state index contributed by atoms with van der Waals surface area (Å²) in [7, 11) is 0. The van der Waals surface area contributed by atoms with Gasteiger partial charge in [0.2, 0.25) is 5.91 Å². The van der Waals surface area contributed by atoms with Crippen molar-refractivity contribution in [1.82, 2.24) is 10.2 Å². The minimum Gasteiger partial charge on any atom is -0.321 e. The van der Waals surface area contributed by atoms with Gasteiger partial charge < -0.3 is 4.90 Å². The van der Waals surface area contributed by atoms with E-state index in [1.165, 1.54) is 12.5 Å². The Morgan fingerprint density at radius 3 is 2.68 bits per heavy atom. The third-order valence-electron chi connectivity index (χ3n) is 4.28. The molecule has 1 aliphatic heterocycles. The molecule has 1 amide bonds. The number of carbonyl (C=O) groups is 1. The predicted octanol–water partition coefficient (Wildman–Crippen LogP) is 2.30. The van der Waals surface area contributed by atoms with Crippen molar-refractivity contribution in [3.8, 4) is 0 Å². The average molecular weight is 262 g/mol. The summed E-state index contributed by atoms with van der Waals surface area (Å²) in [6.45, 7) is 4.77. The van der Waals surface area contributed by atoms with E-state index in [2.05, 4.69) is 12.2 Å². The van der Waals surface area contributed by atoms with Crippen LogP contribution >= 0.6 is 0 Å². The molecule has 3 rings (SSSR count). The number of hydrogen-bond acceptors (Lipinski definition) is 2. The number of carbonyl (C=O) groups excluding carboxylic acids is 1. The summed E-state index contributed by atoms with van der Waals surface area (Å²) in [5, 5.41) is 3.20. The number of nitrogens with one attached hydrogen (secondary N) is 1. The lowest BCUT2D eigenvalue weighted by atomic mass is 10.1. The molecule has 1 N–H and O–H groups in total. The molecule has 1 saturated carbocycles.